The van der Waals surface area contributed by atoms with Crippen molar-refractivity contribution >= 4 is 6.03 Å². The molecule has 0 atom stereocenters. The van der Waals surface area contributed by atoms with E-state index in [1.54, 1.807) is 25.6 Å². The highest BCUT2D eigenvalue weighted by atomic mass is 16.5. The molecule has 0 saturated heterocycles. The molecule has 2 amide bonds. The Morgan fingerprint density at radius 3 is 2.46 bits per heavy atom. The molecule has 1 fully saturated rings. The zero-order valence-electron chi connectivity index (χ0n) is 14.9. The van der Waals surface area contributed by atoms with Crippen molar-refractivity contribution in [2.24, 2.45) is 0 Å². The maximum absolute atomic E-state index is 12.1. The van der Waals surface area contributed by atoms with Gasteiger partial charge in [0.25, 0.3) is 0 Å². The van der Waals surface area contributed by atoms with E-state index in [2.05, 4.69) is 20.6 Å². The Hall–Kier alpha value is -2.83. The molecule has 0 aliphatic heterocycles. The number of nitrogens with one attached hydrogen (secondary N) is 2. The van der Waals surface area contributed by atoms with Crippen LogP contribution in [0.15, 0.2) is 42.7 Å². The number of ether oxygens (including phenoxy) is 2. The minimum Gasteiger partial charge on any atom is -0.497 e. The van der Waals surface area contributed by atoms with E-state index in [0.717, 1.165) is 37.0 Å². The molecule has 0 radical (unpaired) electrons. The van der Waals surface area contributed by atoms with Crippen molar-refractivity contribution in [3.05, 3.63) is 48.3 Å². The van der Waals surface area contributed by atoms with Crippen LogP contribution >= 0.6 is 0 Å². The number of urea groups is 1. The molecule has 1 aliphatic rings. The van der Waals surface area contributed by atoms with Crippen LogP contribution in [-0.4, -0.2) is 35.3 Å². The Morgan fingerprint density at radius 2 is 1.81 bits per heavy atom. The number of carbonyl (C=O) groups is 1. The van der Waals surface area contributed by atoms with Gasteiger partial charge >= 0.3 is 12.0 Å². The molecule has 1 aromatic carbocycles. The maximum atomic E-state index is 12.1. The van der Waals surface area contributed by atoms with Crippen molar-refractivity contribution < 1.29 is 14.3 Å². The highest BCUT2D eigenvalue weighted by Gasteiger charge is 2.24. The Bertz CT molecular complexity index is 686. The molecule has 2 aromatic rings. The minimum atomic E-state index is -0.142. The van der Waals surface area contributed by atoms with E-state index >= 15 is 0 Å². The average molecular weight is 356 g/mol. The predicted molar refractivity (Wildman–Crippen MR) is 97.1 cm³/mol. The van der Waals surface area contributed by atoms with E-state index < -0.39 is 0 Å². The summed E-state index contributed by atoms with van der Waals surface area (Å²) >= 11 is 0. The second-order valence-corrected chi connectivity index (χ2v) is 6.30. The molecule has 0 spiro atoms. The Balaban J connectivity index is 1.36. The zero-order chi connectivity index (χ0) is 18.2. The van der Waals surface area contributed by atoms with E-state index in [1.165, 1.54) is 0 Å². The molecule has 0 bridgehead atoms. The molecule has 2 N–H and O–H groups in total. The number of benzene rings is 1. The first-order valence-electron chi connectivity index (χ1n) is 8.84. The lowest BCUT2D eigenvalue weighted by Crippen LogP contribution is -2.44. The molecular formula is C19H24N4O3. The predicted octanol–water partition coefficient (Wildman–Crippen LogP) is 2.67. The number of aromatic nitrogens is 2. The quantitative estimate of drug-likeness (QED) is 0.831. The fourth-order valence-electron chi connectivity index (χ4n) is 2.98. The summed E-state index contributed by atoms with van der Waals surface area (Å²) in [5.74, 6) is 0.804. The first-order valence-corrected chi connectivity index (χ1v) is 8.84. The van der Waals surface area contributed by atoms with E-state index in [4.69, 9.17) is 9.47 Å². The van der Waals surface area contributed by atoms with E-state index in [0.29, 0.717) is 12.6 Å². The van der Waals surface area contributed by atoms with Crippen molar-refractivity contribution in [1.82, 2.24) is 20.6 Å². The molecule has 0 unspecified atom stereocenters. The summed E-state index contributed by atoms with van der Waals surface area (Å²) < 4.78 is 10.9. The first-order chi connectivity index (χ1) is 12.7. The minimum absolute atomic E-state index is 0.109. The van der Waals surface area contributed by atoms with Crippen LogP contribution in [-0.2, 0) is 6.54 Å². The summed E-state index contributed by atoms with van der Waals surface area (Å²) in [4.78, 5) is 20.2. The number of methoxy groups -OCH3 is 1. The molecule has 1 aliphatic carbocycles. The van der Waals surface area contributed by atoms with E-state index in [-0.39, 0.29) is 18.2 Å². The average Bonchev–Trinajstić information content (AvgIpc) is 2.69. The summed E-state index contributed by atoms with van der Waals surface area (Å²) in [7, 11) is 1.63. The van der Waals surface area contributed by atoms with E-state index in [9.17, 15) is 4.79 Å². The van der Waals surface area contributed by atoms with Crippen LogP contribution in [0, 0.1) is 0 Å². The van der Waals surface area contributed by atoms with Gasteiger partial charge in [-0.3, -0.25) is 0 Å². The second-order valence-electron chi connectivity index (χ2n) is 6.30. The Labute approximate surface area is 153 Å². The van der Waals surface area contributed by atoms with Gasteiger partial charge in [0.2, 0.25) is 0 Å². The lowest BCUT2D eigenvalue weighted by atomic mass is 9.93. The van der Waals surface area contributed by atoms with Crippen molar-refractivity contribution in [2.75, 3.05) is 7.11 Å². The third-order valence-electron chi connectivity index (χ3n) is 4.44. The van der Waals surface area contributed by atoms with Gasteiger partial charge in [0.05, 0.1) is 7.11 Å². The normalized spacial score (nSPS) is 19.4. The van der Waals surface area contributed by atoms with Gasteiger partial charge in [0.15, 0.2) is 0 Å². The van der Waals surface area contributed by atoms with Crippen molar-refractivity contribution in [1.29, 1.82) is 0 Å². The van der Waals surface area contributed by atoms with Crippen LogP contribution in [0.4, 0.5) is 4.79 Å². The van der Waals surface area contributed by atoms with Crippen LogP contribution in [0.1, 0.15) is 31.2 Å². The molecule has 1 heterocycles. The summed E-state index contributed by atoms with van der Waals surface area (Å²) in [6.07, 6.45) is 6.97. The molecule has 26 heavy (non-hydrogen) atoms. The number of hydrogen-bond donors (Lipinski definition) is 2. The summed E-state index contributed by atoms with van der Waals surface area (Å²) in [5.41, 5.74) is 1.03. The molecule has 138 valence electrons. The van der Waals surface area contributed by atoms with Crippen LogP contribution in [0.25, 0.3) is 0 Å². The SMILES string of the molecule is COc1ccc(CNC(=O)NC2CCC(Oc3ncccn3)CC2)cc1. The van der Waals surface area contributed by atoms with Gasteiger partial charge in [0, 0.05) is 25.0 Å². The number of rotatable bonds is 6. The van der Waals surface area contributed by atoms with Crippen molar-refractivity contribution in [3.8, 4) is 11.8 Å². The molecular weight excluding hydrogens is 332 g/mol. The van der Waals surface area contributed by atoms with Gasteiger partial charge < -0.3 is 20.1 Å². The fourth-order valence-corrected chi connectivity index (χ4v) is 2.98. The fraction of sp³-hybridized carbons (Fsp3) is 0.421. The Kier molecular flexibility index (Phi) is 6.24. The zero-order valence-corrected chi connectivity index (χ0v) is 14.9. The topological polar surface area (TPSA) is 85.4 Å². The lowest BCUT2D eigenvalue weighted by molar-refractivity contribution is 0.129. The number of amides is 2. The van der Waals surface area contributed by atoms with Crippen LogP contribution < -0.4 is 20.1 Å². The second kappa shape index (κ2) is 9.03. The molecule has 1 aromatic heterocycles. The first kappa shape index (κ1) is 18.0. The summed E-state index contributed by atoms with van der Waals surface area (Å²) in [6.45, 7) is 0.486. The van der Waals surface area contributed by atoms with Gasteiger partial charge in [-0.25, -0.2) is 14.8 Å². The molecule has 1 saturated carbocycles. The highest BCUT2D eigenvalue weighted by Crippen LogP contribution is 2.22. The standard InChI is InChI=1S/C19H24N4O3/c1-25-16-7-3-14(4-8-16)13-22-18(24)23-15-5-9-17(10-6-15)26-19-20-11-2-12-21-19/h2-4,7-8,11-12,15,17H,5-6,9-10,13H2,1H3,(H2,22,23,24). The maximum Gasteiger partial charge on any atom is 0.316 e. The van der Waals surface area contributed by atoms with Gasteiger partial charge in [-0.05, 0) is 49.4 Å². The summed E-state index contributed by atoms with van der Waals surface area (Å²) in [5, 5.41) is 5.93. The van der Waals surface area contributed by atoms with Gasteiger partial charge in [-0.2, -0.15) is 0 Å². The van der Waals surface area contributed by atoms with Crippen LogP contribution in [0.3, 0.4) is 0 Å². The van der Waals surface area contributed by atoms with Crippen LogP contribution in [0.2, 0.25) is 0 Å². The number of hydrogen-bond acceptors (Lipinski definition) is 5. The highest BCUT2D eigenvalue weighted by molar-refractivity contribution is 5.74. The number of carbonyl (C=O) groups excluding carboxylic acids is 1. The van der Waals surface area contributed by atoms with Crippen molar-refractivity contribution in [2.45, 2.75) is 44.4 Å². The summed E-state index contributed by atoms with van der Waals surface area (Å²) in [6, 6.07) is 9.85. The lowest BCUT2D eigenvalue weighted by Gasteiger charge is -2.28. The third-order valence-corrected chi connectivity index (χ3v) is 4.44. The Morgan fingerprint density at radius 1 is 1.12 bits per heavy atom. The third kappa shape index (κ3) is 5.34. The molecule has 3 rings (SSSR count). The monoisotopic (exact) mass is 356 g/mol. The van der Waals surface area contributed by atoms with Crippen LogP contribution in [0.5, 0.6) is 11.8 Å². The van der Waals surface area contributed by atoms with Gasteiger partial charge in [-0.1, -0.05) is 12.1 Å². The van der Waals surface area contributed by atoms with Gasteiger partial charge in [-0.15, -0.1) is 0 Å². The number of nitrogens with zero attached hydrogens (tertiary/aromatic N) is 2. The molecule has 7 nitrogen and oxygen atoms in total. The molecule has 7 heteroatoms. The van der Waals surface area contributed by atoms with Crippen molar-refractivity contribution in [3.63, 3.8) is 0 Å². The van der Waals surface area contributed by atoms with Gasteiger partial charge in [0.1, 0.15) is 11.9 Å². The smallest absolute Gasteiger partial charge is 0.316 e. The largest absolute Gasteiger partial charge is 0.497 e. The van der Waals surface area contributed by atoms with E-state index in [1.807, 2.05) is 24.3 Å².